The van der Waals surface area contributed by atoms with Gasteiger partial charge in [0, 0.05) is 29.2 Å². The Hall–Kier alpha value is -3.87. The Balaban J connectivity index is 1.83. The smallest absolute Gasteiger partial charge is 0.255 e. The van der Waals surface area contributed by atoms with Crippen LogP contribution in [-0.2, 0) is 0 Å². The van der Waals surface area contributed by atoms with Crippen molar-refractivity contribution in [1.29, 1.82) is 0 Å². The highest BCUT2D eigenvalue weighted by Gasteiger charge is 2.12. The van der Waals surface area contributed by atoms with Crippen LogP contribution in [-0.4, -0.2) is 31.3 Å². The number of ether oxygens (including phenoxy) is 2. The number of hydrogen-bond donors (Lipinski definition) is 2. The van der Waals surface area contributed by atoms with Crippen LogP contribution in [0.4, 0.5) is 17.2 Å². The van der Waals surface area contributed by atoms with Gasteiger partial charge < -0.3 is 20.5 Å². The SMILES string of the molecule is COc1ccc(C(=O)Nc2ccccc2C=Nc2cccnc2N)cc1OC. The predicted octanol–water partition coefficient (Wildman–Crippen LogP) is 3.68. The molecule has 3 N–H and O–H groups in total. The number of nitrogen functional groups attached to an aromatic ring is 1. The lowest BCUT2D eigenvalue weighted by molar-refractivity contribution is 0.102. The zero-order chi connectivity index (χ0) is 19.9. The third-order valence-electron chi connectivity index (χ3n) is 4.01. The zero-order valence-electron chi connectivity index (χ0n) is 15.5. The number of anilines is 2. The molecule has 0 aliphatic rings. The second-order valence-electron chi connectivity index (χ2n) is 5.78. The summed E-state index contributed by atoms with van der Waals surface area (Å²) in [4.78, 5) is 21.1. The van der Waals surface area contributed by atoms with Gasteiger partial charge in [0.2, 0.25) is 0 Å². The second kappa shape index (κ2) is 8.68. The fourth-order valence-electron chi connectivity index (χ4n) is 2.55. The molecule has 0 spiro atoms. The lowest BCUT2D eigenvalue weighted by Crippen LogP contribution is -2.13. The maximum Gasteiger partial charge on any atom is 0.255 e. The largest absolute Gasteiger partial charge is 0.493 e. The molecule has 0 bridgehead atoms. The molecule has 1 aromatic heterocycles. The number of nitrogens with zero attached hydrogens (tertiary/aromatic N) is 2. The van der Waals surface area contributed by atoms with Crippen LogP contribution in [0.15, 0.2) is 65.8 Å². The normalized spacial score (nSPS) is 10.6. The molecule has 0 radical (unpaired) electrons. The number of benzene rings is 2. The van der Waals surface area contributed by atoms with Crippen LogP contribution < -0.4 is 20.5 Å². The first kappa shape index (κ1) is 18.9. The van der Waals surface area contributed by atoms with Gasteiger partial charge in [0.05, 0.1) is 14.2 Å². The number of pyridine rings is 1. The highest BCUT2D eigenvalue weighted by molar-refractivity contribution is 6.07. The van der Waals surface area contributed by atoms with Crippen molar-refractivity contribution in [2.24, 2.45) is 4.99 Å². The van der Waals surface area contributed by atoms with Crippen molar-refractivity contribution < 1.29 is 14.3 Å². The van der Waals surface area contributed by atoms with E-state index in [1.54, 1.807) is 55.9 Å². The molecule has 2 aromatic carbocycles. The van der Waals surface area contributed by atoms with Crippen LogP contribution in [0.2, 0.25) is 0 Å². The second-order valence-corrected chi connectivity index (χ2v) is 5.78. The van der Waals surface area contributed by atoms with Gasteiger partial charge in [0.1, 0.15) is 11.5 Å². The van der Waals surface area contributed by atoms with E-state index in [9.17, 15) is 4.79 Å². The predicted molar refractivity (Wildman–Crippen MR) is 110 cm³/mol. The molecule has 0 unspecified atom stereocenters. The highest BCUT2D eigenvalue weighted by Crippen LogP contribution is 2.28. The van der Waals surface area contributed by atoms with E-state index in [1.165, 1.54) is 7.11 Å². The van der Waals surface area contributed by atoms with Gasteiger partial charge in [-0.25, -0.2) is 4.98 Å². The Bertz CT molecular complexity index is 1020. The first-order valence-electron chi connectivity index (χ1n) is 8.49. The first-order valence-corrected chi connectivity index (χ1v) is 8.49. The van der Waals surface area contributed by atoms with E-state index >= 15 is 0 Å². The lowest BCUT2D eigenvalue weighted by Gasteiger charge is -2.11. The van der Waals surface area contributed by atoms with Crippen LogP contribution >= 0.6 is 0 Å². The molecule has 0 fully saturated rings. The Kier molecular flexibility index (Phi) is 5.86. The van der Waals surface area contributed by atoms with E-state index in [-0.39, 0.29) is 5.91 Å². The maximum atomic E-state index is 12.7. The van der Waals surface area contributed by atoms with Crippen LogP contribution in [0, 0.1) is 0 Å². The average molecular weight is 376 g/mol. The van der Waals surface area contributed by atoms with Crippen molar-refractivity contribution in [3.05, 3.63) is 71.9 Å². The molecule has 0 atom stereocenters. The Morgan fingerprint density at radius 3 is 2.61 bits per heavy atom. The molecule has 0 saturated carbocycles. The third kappa shape index (κ3) is 4.27. The minimum absolute atomic E-state index is 0.275. The number of nitrogens with one attached hydrogen (secondary N) is 1. The number of aromatic nitrogens is 1. The molecule has 3 rings (SSSR count). The zero-order valence-corrected chi connectivity index (χ0v) is 15.5. The minimum atomic E-state index is -0.275. The number of nitrogens with two attached hydrogens (primary N) is 1. The van der Waals surface area contributed by atoms with Crippen molar-refractivity contribution in [3.63, 3.8) is 0 Å². The molecule has 3 aromatic rings. The summed E-state index contributed by atoms with van der Waals surface area (Å²) in [5, 5.41) is 2.89. The quantitative estimate of drug-likeness (QED) is 0.639. The van der Waals surface area contributed by atoms with Crippen molar-refractivity contribution in [2.75, 3.05) is 25.3 Å². The van der Waals surface area contributed by atoms with Gasteiger partial charge in [-0.15, -0.1) is 0 Å². The number of amides is 1. The summed E-state index contributed by atoms with van der Waals surface area (Å²) in [6, 6.07) is 15.8. The Morgan fingerprint density at radius 2 is 1.86 bits per heavy atom. The summed E-state index contributed by atoms with van der Waals surface area (Å²) >= 11 is 0. The Labute approximate surface area is 162 Å². The van der Waals surface area contributed by atoms with Gasteiger partial charge in [-0.3, -0.25) is 9.79 Å². The van der Waals surface area contributed by atoms with E-state index in [0.29, 0.717) is 34.3 Å². The van der Waals surface area contributed by atoms with E-state index in [0.717, 1.165) is 5.56 Å². The highest BCUT2D eigenvalue weighted by atomic mass is 16.5. The summed E-state index contributed by atoms with van der Waals surface area (Å²) in [6.07, 6.45) is 3.24. The van der Waals surface area contributed by atoms with E-state index in [2.05, 4.69) is 15.3 Å². The van der Waals surface area contributed by atoms with Crippen molar-refractivity contribution in [3.8, 4) is 11.5 Å². The summed E-state index contributed by atoms with van der Waals surface area (Å²) in [6.45, 7) is 0. The van der Waals surface area contributed by atoms with Crippen molar-refractivity contribution >= 4 is 29.3 Å². The molecule has 1 heterocycles. The number of carbonyl (C=O) groups excluding carboxylic acids is 1. The molecule has 1 amide bonds. The van der Waals surface area contributed by atoms with Crippen LogP contribution in [0.3, 0.4) is 0 Å². The summed E-state index contributed by atoms with van der Waals surface area (Å²) < 4.78 is 10.5. The molecular weight excluding hydrogens is 356 g/mol. The van der Waals surface area contributed by atoms with Crippen molar-refractivity contribution in [2.45, 2.75) is 0 Å². The van der Waals surface area contributed by atoms with E-state index < -0.39 is 0 Å². The number of hydrogen-bond acceptors (Lipinski definition) is 6. The molecule has 0 saturated heterocycles. The molecule has 0 aliphatic carbocycles. The van der Waals surface area contributed by atoms with Crippen LogP contribution in [0.25, 0.3) is 0 Å². The summed E-state index contributed by atoms with van der Waals surface area (Å²) in [5.74, 6) is 1.10. The van der Waals surface area contributed by atoms with Gasteiger partial charge in [-0.1, -0.05) is 18.2 Å². The van der Waals surface area contributed by atoms with Gasteiger partial charge in [0.15, 0.2) is 11.5 Å². The van der Waals surface area contributed by atoms with Gasteiger partial charge >= 0.3 is 0 Å². The molecular formula is C21H20N4O3. The number of aliphatic imine (C=N–C) groups is 1. The fraction of sp³-hybridized carbons (Fsp3) is 0.0952. The van der Waals surface area contributed by atoms with Gasteiger partial charge in [0.25, 0.3) is 5.91 Å². The lowest BCUT2D eigenvalue weighted by atomic mass is 10.1. The summed E-state index contributed by atoms with van der Waals surface area (Å²) in [5.41, 5.74) is 8.17. The molecule has 28 heavy (non-hydrogen) atoms. The molecule has 7 heteroatoms. The molecule has 142 valence electrons. The number of rotatable bonds is 6. The van der Waals surface area contributed by atoms with Crippen LogP contribution in [0.1, 0.15) is 15.9 Å². The number of para-hydroxylation sites is 1. The van der Waals surface area contributed by atoms with E-state index in [1.807, 2.05) is 18.2 Å². The van der Waals surface area contributed by atoms with Gasteiger partial charge in [-0.05, 0) is 36.4 Å². The first-order chi connectivity index (χ1) is 13.6. The maximum absolute atomic E-state index is 12.7. The van der Waals surface area contributed by atoms with Crippen LogP contribution in [0.5, 0.6) is 11.5 Å². The Morgan fingerprint density at radius 1 is 1.07 bits per heavy atom. The fourth-order valence-corrected chi connectivity index (χ4v) is 2.55. The van der Waals surface area contributed by atoms with Crippen molar-refractivity contribution in [1.82, 2.24) is 4.98 Å². The monoisotopic (exact) mass is 376 g/mol. The van der Waals surface area contributed by atoms with E-state index in [4.69, 9.17) is 15.2 Å². The molecule has 0 aliphatic heterocycles. The number of carbonyl (C=O) groups is 1. The molecule has 7 nitrogen and oxygen atoms in total. The number of methoxy groups -OCH3 is 2. The standard InChI is InChI=1S/C21H20N4O3/c1-27-18-10-9-14(12-19(18)28-2)21(26)25-16-7-4-3-6-15(16)13-24-17-8-5-11-23-20(17)22/h3-13H,1-2H3,(H2,22,23)(H,25,26). The average Bonchev–Trinajstić information content (AvgIpc) is 2.73. The summed E-state index contributed by atoms with van der Waals surface area (Å²) in [7, 11) is 3.07. The van der Waals surface area contributed by atoms with Gasteiger partial charge in [-0.2, -0.15) is 0 Å². The minimum Gasteiger partial charge on any atom is -0.493 e. The third-order valence-corrected chi connectivity index (χ3v) is 4.01. The topological polar surface area (TPSA) is 98.8 Å².